The Morgan fingerprint density at radius 3 is 3.00 bits per heavy atom. The fourth-order valence-corrected chi connectivity index (χ4v) is 3.08. The lowest BCUT2D eigenvalue weighted by atomic mass is 9.91. The van der Waals surface area contributed by atoms with Crippen LogP contribution >= 0.6 is 0 Å². The maximum Gasteiger partial charge on any atom is 0.321 e. The molecular formula is C15H22N4O. The third kappa shape index (κ3) is 2.88. The molecule has 5 nitrogen and oxygen atoms in total. The summed E-state index contributed by atoms with van der Waals surface area (Å²) in [6, 6.07) is 8.81. The highest BCUT2D eigenvalue weighted by molar-refractivity contribution is 5.94. The van der Waals surface area contributed by atoms with Gasteiger partial charge >= 0.3 is 6.03 Å². The molecule has 4 N–H and O–H groups in total. The van der Waals surface area contributed by atoms with Crippen LogP contribution in [0.15, 0.2) is 24.3 Å². The summed E-state index contributed by atoms with van der Waals surface area (Å²) in [5.74, 6) is 0. The smallest absolute Gasteiger partial charge is 0.321 e. The number of anilines is 2. The average Bonchev–Trinajstić information content (AvgIpc) is 2.85. The van der Waals surface area contributed by atoms with Gasteiger partial charge in [0, 0.05) is 36.5 Å². The SMILES string of the molecule is NC1CCCC(Nc2cccc(N3CCNC3=O)c2)C1. The summed E-state index contributed by atoms with van der Waals surface area (Å²) in [6.45, 7) is 1.45. The van der Waals surface area contributed by atoms with Crippen molar-refractivity contribution in [3.05, 3.63) is 24.3 Å². The van der Waals surface area contributed by atoms with E-state index in [4.69, 9.17) is 5.73 Å². The first-order valence-corrected chi connectivity index (χ1v) is 7.40. The van der Waals surface area contributed by atoms with Crippen molar-refractivity contribution in [2.24, 2.45) is 5.73 Å². The molecule has 1 heterocycles. The van der Waals surface area contributed by atoms with E-state index in [2.05, 4.69) is 16.7 Å². The van der Waals surface area contributed by atoms with Gasteiger partial charge in [-0.25, -0.2) is 4.79 Å². The number of amides is 2. The summed E-state index contributed by atoms with van der Waals surface area (Å²) in [4.78, 5) is 13.5. The highest BCUT2D eigenvalue weighted by Crippen LogP contribution is 2.25. The van der Waals surface area contributed by atoms with Gasteiger partial charge in [0.1, 0.15) is 0 Å². The molecule has 0 aromatic heterocycles. The van der Waals surface area contributed by atoms with Gasteiger partial charge in [0.05, 0.1) is 0 Å². The first-order chi connectivity index (χ1) is 9.72. The standard InChI is InChI=1S/C15H22N4O/c16-11-3-1-4-12(9-11)18-13-5-2-6-14(10-13)19-8-7-17-15(19)20/h2,5-6,10-12,18H,1,3-4,7-9,16H2,(H,17,20). The van der Waals surface area contributed by atoms with Gasteiger partial charge in [0.25, 0.3) is 0 Å². The van der Waals surface area contributed by atoms with Gasteiger partial charge in [0.2, 0.25) is 0 Å². The molecule has 2 unspecified atom stereocenters. The molecule has 2 amide bonds. The summed E-state index contributed by atoms with van der Waals surface area (Å²) < 4.78 is 0. The number of hydrogen-bond acceptors (Lipinski definition) is 3. The molecule has 0 bridgehead atoms. The zero-order chi connectivity index (χ0) is 13.9. The highest BCUT2D eigenvalue weighted by Gasteiger charge is 2.22. The van der Waals surface area contributed by atoms with Gasteiger partial charge in [0.15, 0.2) is 0 Å². The van der Waals surface area contributed by atoms with Crippen molar-refractivity contribution in [1.82, 2.24) is 5.32 Å². The molecule has 1 aromatic rings. The molecular weight excluding hydrogens is 252 g/mol. The van der Waals surface area contributed by atoms with Crippen molar-refractivity contribution < 1.29 is 4.79 Å². The second-order valence-electron chi connectivity index (χ2n) is 5.70. The van der Waals surface area contributed by atoms with Crippen LogP contribution in [0.4, 0.5) is 16.2 Å². The second-order valence-corrected chi connectivity index (χ2v) is 5.70. The van der Waals surface area contributed by atoms with Gasteiger partial charge in [-0.15, -0.1) is 0 Å². The molecule has 2 fully saturated rings. The Morgan fingerprint density at radius 1 is 1.35 bits per heavy atom. The van der Waals surface area contributed by atoms with Crippen LogP contribution in [-0.2, 0) is 0 Å². The van der Waals surface area contributed by atoms with E-state index in [0.29, 0.717) is 18.6 Å². The minimum absolute atomic E-state index is 0.0122. The summed E-state index contributed by atoms with van der Waals surface area (Å²) in [5.41, 5.74) is 8.05. The fourth-order valence-electron chi connectivity index (χ4n) is 3.08. The van der Waals surface area contributed by atoms with Crippen LogP contribution in [0.1, 0.15) is 25.7 Å². The largest absolute Gasteiger partial charge is 0.382 e. The molecule has 5 heteroatoms. The quantitative estimate of drug-likeness (QED) is 0.788. The number of rotatable bonds is 3. The lowest BCUT2D eigenvalue weighted by molar-refractivity contribution is 0.252. The van der Waals surface area contributed by atoms with Crippen molar-refractivity contribution in [2.75, 3.05) is 23.3 Å². The average molecular weight is 274 g/mol. The van der Waals surface area contributed by atoms with Crippen molar-refractivity contribution in [3.63, 3.8) is 0 Å². The first-order valence-electron chi connectivity index (χ1n) is 7.40. The lowest BCUT2D eigenvalue weighted by Crippen LogP contribution is -2.35. The normalized spacial score (nSPS) is 26.4. The van der Waals surface area contributed by atoms with E-state index >= 15 is 0 Å². The van der Waals surface area contributed by atoms with Crippen LogP contribution < -0.4 is 21.3 Å². The van der Waals surface area contributed by atoms with E-state index in [9.17, 15) is 4.79 Å². The molecule has 1 saturated carbocycles. The minimum atomic E-state index is -0.0122. The van der Waals surface area contributed by atoms with Gasteiger partial charge in [-0.1, -0.05) is 6.07 Å². The third-order valence-electron chi connectivity index (χ3n) is 4.10. The Balaban J connectivity index is 1.69. The molecule has 0 radical (unpaired) electrons. The van der Waals surface area contributed by atoms with Crippen molar-refractivity contribution >= 4 is 17.4 Å². The Hall–Kier alpha value is -1.75. The van der Waals surface area contributed by atoms with E-state index in [0.717, 1.165) is 30.8 Å². The molecule has 1 aliphatic carbocycles. The van der Waals surface area contributed by atoms with Gasteiger partial charge < -0.3 is 16.4 Å². The van der Waals surface area contributed by atoms with E-state index in [1.807, 2.05) is 18.2 Å². The number of carbonyl (C=O) groups is 1. The Bertz CT molecular complexity index is 491. The summed E-state index contributed by atoms with van der Waals surface area (Å²) in [7, 11) is 0. The van der Waals surface area contributed by atoms with Gasteiger partial charge in [-0.3, -0.25) is 4.90 Å². The molecule has 1 aromatic carbocycles. The zero-order valence-corrected chi connectivity index (χ0v) is 11.6. The third-order valence-corrected chi connectivity index (χ3v) is 4.10. The molecule has 1 aliphatic heterocycles. The minimum Gasteiger partial charge on any atom is -0.382 e. The van der Waals surface area contributed by atoms with E-state index in [-0.39, 0.29) is 6.03 Å². The molecule has 3 rings (SSSR count). The van der Waals surface area contributed by atoms with Crippen LogP contribution in [0.3, 0.4) is 0 Å². The van der Waals surface area contributed by atoms with Crippen LogP contribution in [0, 0.1) is 0 Å². The predicted octanol–water partition coefficient (Wildman–Crippen LogP) is 1.90. The summed E-state index contributed by atoms with van der Waals surface area (Å²) in [5, 5.41) is 6.38. The lowest BCUT2D eigenvalue weighted by Gasteiger charge is -2.28. The summed E-state index contributed by atoms with van der Waals surface area (Å²) >= 11 is 0. The zero-order valence-electron chi connectivity index (χ0n) is 11.6. The van der Waals surface area contributed by atoms with Crippen molar-refractivity contribution in [3.8, 4) is 0 Å². The first kappa shape index (κ1) is 13.2. The number of benzene rings is 1. The highest BCUT2D eigenvalue weighted by atomic mass is 16.2. The van der Waals surface area contributed by atoms with E-state index < -0.39 is 0 Å². The summed E-state index contributed by atoms with van der Waals surface area (Å²) in [6.07, 6.45) is 4.51. The van der Waals surface area contributed by atoms with Crippen LogP contribution in [0.25, 0.3) is 0 Å². The molecule has 1 saturated heterocycles. The monoisotopic (exact) mass is 274 g/mol. The molecule has 2 atom stereocenters. The number of nitrogens with zero attached hydrogens (tertiary/aromatic N) is 1. The molecule has 0 spiro atoms. The van der Waals surface area contributed by atoms with Crippen molar-refractivity contribution in [1.29, 1.82) is 0 Å². The number of nitrogens with two attached hydrogens (primary N) is 1. The van der Waals surface area contributed by atoms with Gasteiger partial charge in [-0.2, -0.15) is 0 Å². The Morgan fingerprint density at radius 2 is 2.25 bits per heavy atom. The second kappa shape index (κ2) is 5.71. The van der Waals surface area contributed by atoms with Gasteiger partial charge in [-0.05, 0) is 43.9 Å². The molecule has 2 aliphatic rings. The number of carbonyl (C=O) groups excluding carboxylic acids is 1. The topological polar surface area (TPSA) is 70.4 Å². The fraction of sp³-hybridized carbons (Fsp3) is 0.533. The number of nitrogens with one attached hydrogen (secondary N) is 2. The Kier molecular flexibility index (Phi) is 3.78. The maximum absolute atomic E-state index is 11.7. The van der Waals surface area contributed by atoms with E-state index in [1.165, 1.54) is 12.8 Å². The number of urea groups is 1. The van der Waals surface area contributed by atoms with Crippen LogP contribution in [-0.4, -0.2) is 31.2 Å². The maximum atomic E-state index is 11.7. The van der Waals surface area contributed by atoms with Crippen LogP contribution in [0.2, 0.25) is 0 Å². The van der Waals surface area contributed by atoms with Crippen LogP contribution in [0.5, 0.6) is 0 Å². The van der Waals surface area contributed by atoms with Crippen molar-refractivity contribution in [2.45, 2.75) is 37.8 Å². The Labute approximate surface area is 119 Å². The predicted molar refractivity (Wildman–Crippen MR) is 81.0 cm³/mol. The molecule has 108 valence electrons. The number of hydrogen-bond donors (Lipinski definition) is 3. The molecule has 20 heavy (non-hydrogen) atoms. The van der Waals surface area contributed by atoms with E-state index in [1.54, 1.807) is 4.90 Å².